The summed E-state index contributed by atoms with van der Waals surface area (Å²) in [6.07, 6.45) is -4.45. The number of thiophene rings is 2. The van der Waals surface area contributed by atoms with Crippen LogP contribution >= 0.6 is 22.7 Å². The Balaban J connectivity index is 1.95. The van der Waals surface area contributed by atoms with Gasteiger partial charge in [-0.25, -0.2) is 4.98 Å². The summed E-state index contributed by atoms with van der Waals surface area (Å²) in [5.41, 5.74) is 0.0177. The van der Waals surface area contributed by atoms with Crippen molar-refractivity contribution < 1.29 is 23.0 Å². The number of nitriles is 1. The Bertz CT molecular complexity index is 928. The molecule has 128 valence electrons. The zero-order valence-corrected chi connectivity index (χ0v) is 14.0. The summed E-state index contributed by atoms with van der Waals surface area (Å²) in [6, 6.07) is 8.91. The molecule has 9 heteroatoms. The Morgan fingerprint density at radius 3 is 2.68 bits per heavy atom. The first-order valence-electron chi connectivity index (χ1n) is 6.85. The van der Waals surface area contributed by atoms with E-state index in [1.54, 1.807) is 6.07 Å². The zero-order chi connectivity index (χ0) is 18.0. The smallest absolute Gasteiger partial charge is 0.425 e. The summed E-state index contributed by atoms with van der Waals surface area (Å²) in [4.78, 5) is 4.41. The van der Waals surface area contributed by atoms with Crippen molar-refractivity contribution in [2.45, 2.75) is 12.8 Å². The van der Waals surface area contributed by atoms with Gasteiger partial charge in [0.2, 0.25) is 0 Å². The molecule has 0 aliphatic rings. The summed E-state index contributed by atoms with van der Waals surface area (Å²) in [7, 11) is 0. The van der Waals surface area contributed by atoms with Crippen LogP contribution in [-0.2, 0) is 12.8 Å². The molecule has 0 saturated heterocycles. The molecule has 3 heterocycles. The molecule has 0 unspecified atom stereocenters. The number of nitrogens with zero attached hydrogens (tertiary/aromatic N) is 2. The Kier molecular flexibility index (Phi) is 4.65. The topological polar surface area (TPSA) is 66.1 Å². The molecule has 0 atom stereocenters. The quantitative estimate of drug-likeness (QED) is 0.686. The number of halogens is 3. The standard InChI is InChI=1S/C16H9F3N2O2S2/c17-16(18,19)13-4-3-12(25-13)11-6-9(7-20)14(22)15(21-11)23-8-10-2-1-5-24-10/h1-6,22H,8H2. The van der Waals surface area contributed by atoms with Crippen LogP contribution in [0.1, 0.15) is 15.3 Å². The Morgan fingerprint density at radius 1 is 1.28 bits per heavy atom. The average Bonchev–Trinajstić information content (AvgIpc) is 3.25. The van der Waals surface area contributed by atoms with Crippen molar-refractivity contribution in [3.63, 3.8) is 0 Å². The number of aromatic hydroxyl groups is 1. The van der Waals surface area contributed by atoms with Gasteiger partial charge in [0, 0.05) is 4.88 Å². The summed E-state index contributed by atoms with van der Waals surface area (Å²) >= 11 is 1.95. The highest BCUT2D eigenvalue weighted by Crippen LogP contribution is 2.40. The minimum absolute atomic E-state index is 0.117. The van der Waals surface area contributed by atoms with Crippen LogP contribution < -0.4 is 4.74 Å². The maximum atomic E-state index is 12.8. The van der Waals surface area contributed by atoms with Gasteiger partial charge >= 0.3 is 6.18 Å². The molecule has 3 aromatic heterocycles. The van der Waals surface area contributed by atoms with E-state index in [2.05, 4.69) is 4.98 Å². The van der Waals surface area contributed by atoms with Crippen LogP contribution in [0.3, 0.4) is 0 Å². The fourth-order valence-corrected chi connectivity index (χ4v) is 3.44. The molecule has 0 saturated carbocycles. The second-order valence-corrected chi connectivity index (χ2v) is 6.97. The number of alkyl halides is 3. The lowest BCUT2D eigenvalue weighted by atomic mass is 10.2. The van der Waals surface area contributed by atoms with E-state index in [0.29, 0.717) is 11.3 Å². The van der Waals surface area contributed by atoms with Gasteiger partial charge in [-0.15, -0.1) is 22.7 Å². The fraction of sp³-hybridized carbons (Fsp3) is 0.125. The van der Waals surface area contributed by atoms with Gasteiger partial charge in [0.1, 0.15) is 23.1 Å². The summed E-state index contributed by atoms with van der Waals surface area (Å²) in [6.45, 7) is 0.130. The third kappa shape index (κ3) is 3.75. The third-order valence-electron chi connectivity index (χ3n) is 3.15. The van der Waals surface area contributed by atoms with Gasteiger partial charge in [-0.3, -0.25) is 0 Å². The van der Waals surface area contributed by atoms with Gasteiger partial charge in [-0.1, -0.05) is 6.07 Å². The number of ether oxygens (including phenoxy) is 1. The second-order valence-electron chi connectivity index (χ2n) is 4.85. The van der Waals surface area contributed by atoms with Gasteiger partial charge in [-0.05, 0) is 29.6 Å². The highest BCUT2D eigenvalue weighted by Gasteiger charge is 2.32. The first-order chi connectivity index (χ1) is 11.9. The zero-order valence-electron chi connectivity index (χ0n) is 12.4. The largest absolute Gasteiger partial charge is 0.502 e. The lowest BCUT2D eigenvalue weighted by Gasteiger charge is -2.09. The molecule has 0 radical (unpaired) electrons. The van der Waals surface area contributed by atoms with Crippen molar-refractivity contribution in [1.82, 2.24) is 4.98 Å². The third-order valence-corrected chi connectivity index (χ3v) is 5.15. The maximum absolute atomic E-state index is 12.8. The van der Waals surface area contributed by atoms with Gasteiger partial charge < -0.3 is 9.84 Å². The van der Waals surface area contributed by atoms with Crippen LogP contribution in [0.25, 0.3) is 10.6 Å². The lowest BCUT2D eigenvalue weighted by Crippen LogP contribution is -2.00. The molecule has 3 rings (SSSR count). The highest BCUT2D eigenvalue weighted by molar-refractivity contribution is 7.15. The molecule has 0 aliphatic heterocycles. The molecule has 0 aromatic carbocycles. The molecule has 0 fully saturated rings. The van der Waals surface area contributed by atoms with Gasteiger partial charge in [0.05, 0.1) is 10.6 Å². The molecule has 0 amide bonds. The van der Waals surface area contributed by atoms with E-state index in [4.69, 9.17) is 10.00 Å². The van der Waals surface area contributed by atoms with Gasteiger partial charge in [-0.2, -0.15) is 18.4 Å². The SMILES string of the molecule is N#Cc1cc(-c2ccc(C(F)(F)F)s2)nc(OCc2cccs2)c1O. The van der Waals surface area contributed by atoms with Crippen LogP contribution in [0, 0.1) is 11.3 Å². The molecular weight excluding hydrogens is 373 g/mol. The van der Waals surface area contributed by atoms with E-state index in [1.165, 1.54) is 23.5 Å². The minimum Gasteiger partial charge on any atom is -0.502 e. The number of pyridine rings is 1. The molecule has 0 aliphatic carbocycles. The van der Waals surface area contributed by atoms with E-state index in [0.717, 1.165) is 10.9 Å². The summed E-state index contributed by atoms with van der Waals surface area (Å²) in [5, 5.41) is 21.0. The predicted molar refractivity (Wildman–Crippen MR) is 87.6 cm³/mol. The molecule has 25 heavy (non-hydrogen) atoms. The fourth-order valence-electron chi connectivity index (χ4n) is 1.99. The van der Waals surface area contributed by atoms with Gasteiger partial charge in [0.25, 0.3) is 5.88 Å². The van der Waals surface area contributed by atoms with Crippen molar-refractivity contribution in [3.05, 3.63) is 51.0 Å². The van der Waals surface area contributed by atoms with E-state index < -0.39 is 16.8 Å². The normalized spacial score (nSPS) is 11.3. The van der Waals surface area contributed by atoms with Crippen molar-refractivity contribution in [3.8, 4) is 28.3 Å². The molecule has 0 spiro atoms. The summed E-state index contributed by atoms with van der Waals surface area (Å²) < 4.78 is 43.7. The summed E-state index contributed by atoms with van der Waals surface area (Å²) in [5.74, 6) is -0.625. The second kappa shape index (κ2) is 6.74. The van der Waals surface area contributed by atoms with Crippen LogP contribution in [-0.4, -0.2) is 10.1 Å². The lowest BCUT2D eigenvalue weighted by molar-refractivity contribution is -0.134. The van der Waals surface area contributed by atoms with E-state index >= 15 is 0 Å². The van der Waals surface area contributed by atoms with Crippen molar-refractivity contribution >= 4 is 22.7 Å². The van der Waals surface area contributed by atoms with Crippen molar-refractivity contribution in [2.75, 3.05) is 0 Å². The number of rotatable bonds is 4. The van der Waals surface area contributed by atoms with Crippen molar-refractivity contribution in [2.24, 2.45) is 0 Å². The predicted octanol–water partition coefficient (Wildman–Crippen LogP) is 5.05. The van der Waals surface area contributed by atoms with Crippen LogP contribution in [0.2, 0.25) is 0 Å². The number of aromatic nitrogens is 1. The monoisotopic (exact) mass is 382 g/mol. The van der Waals surface area contributed by atoms with Crippen LogP contribution in [0.5, 0.6) is 11.6 Å². The number of hydrogen-bond acceptors (Lipinski definition) is 6. The molecule has 0 bridgehead atoms. The molecule has 3 aromatic rings. The average molecular weight is 382 g/mol. The number of hydrogen-bond donors (Lipinski definition) is 1. The first-order valence-corrected chi connectivity index (χ1v) is 8.55. The molecule has 4 nitrogen and oxygen atoms in total. The Hall–Kier alpha value is -2.57. The van der Waals surface area contributed by atoms with E-state index in [9.17, 15) is 18.3 Å². The Morgan fingerprint density at radius 2 is 2.08 bits per heavy atom. The minimum atomic E-state index is -4.45. The van der Waals surface area contributed by atoms with E-state index in [-0.39, 0.29) is 28.6 Å². The molecular formula is C16H9F3N2O2S2. The Labute approximate surface area is 148 Å². The van der Waals surface area contributed by atoms with Crippen molar-refractivity contribution in [1.29, 1.82) is 5.26 Å². The van der Waals surface area contributed by atoms with Crippen LogP contribution in [0.4, 0.5) is 13.2 Å². The molecule has 1 N–H and O–H groups in total. The van der Waals surface area contributed by atoms with Crippen LogP contribution in [0.15, 0.2) is 35.7 Å². The van der Waals surface area contributed by atoms with Gasteiger partial charge in [0.15, 0.2) is 5.75 Å². The maximum Gasteiger partial charge on any atom is 0.425 e. The van der Waals surface area contributed by atoms with E-state index in [1.807, 2.05) is 17.5 Å². The highest BCUT2D eigenvalue weighted by atomic mass is 32.1. The first kappa shape index (κ1) is 17.3.